The number of oxime groups is 1. The Bertz CT molecular complexity index is 365. The summed E-state index contributed by atoms with van der Waals surface area (Å²) in [7, 11) is 0. The normalized spacial score (nSPS) is 13.9. The van der Waals surface area contributed by atoms with Crippen LogP contribution in [-0.2, 0) is 0 Å². The second-order valence-electron chi connectivity index (χ2n) is 2.47. The minimum Gasteiger partial charge on any atom is -0.454 e. The third kappa shape index (κ3) is 1.40. The van der Waals surface area contributed by atoms with Crippen molar-refractivity contribution in [3.05, 3.63) is 22.7 Å². The molecule has 1 N–H and O–H groups in total. The summed E-state index contributed by atoms with van der Waals surface area (Å²) in [6, 6.07) is 3.28. The fourth-order valence-electron chi connectivity index (χ4n) is 1.09. The van der Waals surface area contributed by atoms with Crippen LogP contribution in [0.25, 0.3) is 0 Å². The van der Waals surface area contributed by atoms with Gasteiger partial charge in [0.25, 0.3) is 0 Å². The predicted molar refractivity (Wildman–Crippen MR) is 47.0 cm³/mol. The van der Waals surface area contributed by atoms with Gasteiger partial charge in [0.1, 0.15) is 0 Å². The summed E-state index contributed by atoms with van der Waals surface area (Å²) in [6.07, 6.45) is 1.24. The maximum Gasteiger partial charge on any atom is 0.231 e. The molecule has 1 heterocycles. The number of halogens is 1. The van der Waals surface area contributed by atoms with Crippen LogP contribution in [0, 0.1) is 0 Å². The van der Waals surface area contributed by atoms with Crippen LogP contribution < -0.4 is 9.47 Å². The van der Waals surface area contributed by atoms with Crippen LogP contribution in [0.3, 0.4) is 0 Å². The van der Waals surface area contributed by atoms with E-state index < -0.39 is 0 Å². The number of ether oxygens (including phenoxy) is 2. The lowest BCUT2D eigenvalue weighted by Crippen LogP contribution is -1.92. The summed E-state index contributed by atoms with van der Waals surface area (Å²) in [5, 5.41) is 11.7. The summed E-state index contributed by atoms with van der Waals surface area (Å²) >= 11 is 5.85. The van der Waals surface area contributed by atoms with Gasteiger partial charge in [-0.3, -0.25) is 0 Å². The number of hydrogen-bond acceptors (Lipinski definition) is 4. The first-order valence-corrected chi connectivity index (χ1v) is 3.95. The zero-order valence-corrected chi connectivity index (χ0v) is 7.28. The van der Waals surface area contributed by atoms with Crippen molar-refractivity contribution in [2.75, 3.05) is 6.79 Å². The molecule has 0 amide bonds. The zero-order valence-electron chi connectivity index (χ0n) is 6.53. The van der Waals surface area contributed by atoms with Crippen LogP contribution in [0.2, 0.25) is 5.02 Å². The number of fused-ring (bicyclic) bond motifs is 1. The van der Waals surface area contributed by atoms with E-state index in [0.29, 0.717) is 22.1 Å². The molecule has 0 aromatic heterocycles. The van der Waals surface area contributed by atoms with Crippen LogP contribution in [0.5, 0.6) is 11.5 Å². The molecule has 2 rings (SSSR count). The number of benzene rings is 1. The Hall–Kier alpha value is -1.42. The largest absolute Gasteiger partial charge is 0.454 e. The molecule has 0 spiro atoms. The molecular formula is C8H6ClNO3. The minimum absolute atomic E-state index is 0.200. The van der Waals surface area contributed by atoms with E-state index in [1.165, 1.54) is 6.21 Å². The predicted octanol–water partition coefficient (Wildman–Crippen LogP) is 1.88. The molecule has 1 aliphatic rings. The fraction of sp³-hybridized carbons (Fsp3) is 0.125. The average Bonchev–Trinajstić information content (AvgIpc) is 2.52. The van der Waals surface area contributed by atoms with Gasteiger partial charge < -0.3 is 14.7 Å². The number of hydrogen-bond donors (Lipinski definition) is 1. The molecule has 0 aliphatic carbocycles. The highest BCUT2D eigenvalue weighted by Gasteiger charge is 2.15. The van der Waals surface area contributed by atoms with Crippen molar-refractivity contribution in [2.24, 2.45) is 5.16 Å². The minimum atomic E-state index is 0.200. The fourth-order valence-corrected chi connectivity index (χ4v) is 1.30. The van der Waals surface area contributed by atoms with E-state index in [1.54, 1.807) is 12.1 Å². The quantitative estimate of drug-likeness (QED) is 0.427. The standard InChI is InChI=1S/C8H6ClNO3/c9-6-2-8-7(12-4-13-8)1-5(6)3-10-11/h1-3,11H,4H2. The van der Waals surface area contributed by atoms with E-state index in [1.807, 2.05) is 0 Å². The van der Waals surface area contributed by atoms with Crippen LogP contribution in [0.1, 0.15) is 5.56 Å². The lowest BCUT2D eigenvalue weighted by atomic mass is 10.2. The van der Waals surface area contributed by atoms with Gasteiger partial charge in [-0.25, -0.2) is 0 Å². The lowest BCUT2D eigenvalue weighted by molar-refractivity contribution is 0.174. The molecule has 0 bridgehead atoms. The van der Waals surface area contributed by atoms with Gasteiger partial charge in [0.15, 0.2) is 11.5 Å². The molecule has 68 valence electrons. The summed E-state index contributed by atoms with van der Waals surface area (Å²) < 4.78 is 10.2. The average molecular weight is 200 g/mol. The zero-order chi connectivity index (χ0) is 9.26. The summed E-state index contributed by atoms with van der Waals surface area (Å²) in [5.74, 6) is 1.22. The van der Waals surface area contributed by atoms with E-state index in [9.17, 15) is 0 Å². The number of rotatable bonds is 1. The molecule has 0 fully saturated rings. The second kappa shape index (κ2) is 3.14. The van der Waals surface area contributed by atoms with Gasteiger partial charge in [-0.15, -0.1) is 0 Å². The SMILES string of the molecule is ON=Cc1cc2c(cc1Cl)OCO2. The van der Waals surface area contributed by atoms with Crippen LogP contribution in [-0.4, -0.2) is 18.2 Å². The topological polar surface area (TPSA) is 51.1 Å². The van der Waals surface area contributed by atoms with Crippen molar-refractivity contribution in [1.29, 1.82) is 0 Å². The Morgan fingerprint density at radius 2 is 2.08 bits per heavy atom. The van der Waals surface area contributed by atoms with Crippen LogP contribution >= 0.6 is 11.6 Å². The molecule has 0 atom stereocenters. The third-order valence-corrected chi connectivity index (χ3v) is 2.02. The molecule has 13 heavy (non-hydrogen) atoms. The Balaban J connectivity index is 2.49. The maximum absolute atomic E-state index is 8.33. The maximum atomic E-state index is 8.33. The van der Waals surface area contributed by atoms with E-state index in [4.69, 9.17) is 26.3 Å². The highest BCUT2D eigenvalue weighted by Crippen LogP contribution is 2.36. The third-order valence-electron chi connectivity index (χ3n) is 1.69. The van der Waals surface area contributed by atoms with Crippen molar-refractivity contribution in [2.45, 2.75) is 0 Å². The van der Waals surface area contributed by atoms with Crippen molar-refractivity contribution in [3.63, 3.8) is 0 Å². The van der Waals surface area contributed by atoms with Gasteiger partial charge in [0.05, 0.1) is 11.2 Å². The number of nitrogens with zero attached hydrogens (tertiary/aromatic N) is 1. The first-order chi connectivity index (χ1) is 6.31. The van der Waals surface area contributed by atoms with Gasteiger partial charge in [0.2, 0.25) is 6.79 Å². The molecule has 4 nitrogen and oxygen atoms in total. The first-order valence-electron chi connectivity index (χ1n) is 3.58. The monoisotopic (exact) mass is 199 g/mol. The van der Waals surface area contributed by atoms with E-state index in [0.717, 1.165) is 0 Å². The summed E-state index contributed by atoms with van der Waals surface area (Å²) in [6.45, 7) is 0.200. The smallest absolute Gasteiger partial charge is 0.231 e. The van der Waals surface area contributed by atoms with Gasteiger partial charge in [-0.05, 0) is 6.07 Å². The molecule has 0 unspecified atom stereocenters. The highest BCUT2D eigenvalue weighted by atomic mass is 35.5. The first kappa shape index (κ1) is 8.19. The van der Waals surface area contributed by atoms with Gasteiger partial charge in [0, 0.05) is 11.6 Å². The van der Waals surface area contributed by atoms with Gasteiger partial charge in [-0.2, -0.15) is 0 Å². The van der Waals surface area contributed by atoms with Crippen molar-refractivity contribution in [1.82, 2.24) is 0 Å². The molecule has 0 saturated carbocycles. The molecule has 5 heteroatoms. The molecule has 1 aliphatic heterocycles. The van der Waals surface area contributed by atoms with Crippen LogP contribution in [0.15, 0.2) is 17.3 Å². The molecule has 1 aromatic carbocycles. The van der Waals surface area contributed by atoms with Gasteiger partial charge >= 0.3 is 0 Å². The lowest BCUT2D eigenvalue weighted by Gasteiger charge is -1.99. The molecule has 1 aromatic rings. The van der Waals surface area contributed by atoms with E-state index in [2.05, 4.69) is 5.16 Å². The summed E-state index contributed by atoms with van der Waals surface area (Å²) in [4.78, 5) is 0. The second-order valence-corrected chi connectivity index (χ2v) is 2.88. The van der Waals surface area contributed by atoms with Crippen molar-refractivity contribution >= 4 is 17.8 Å². The Labute approximate surface area is 79.3 Å². The van der Waals surface area contributed by atoms with Crippen molar-refractivity contribution < 1.29 is 14.7 Å². The Kier molecular flexibility index (Phi) is 1.98. The Morgan fingerprint density at radius 3 is 2.77 bits per heavy atom. The van der Waals surface area contributed by atoms with Crippen molar-refractivity contribution in [3.8, 4) is 11.5 Å². The summed E-state index contributed by atoms with van der Waals surface area (Å²) in [5.41, 5.74) is 0.591. The van der Waals surface area contributed by atoms with Crippen LogP contribution in [0.4, 0.5) is 0 Å². The molecule has 0 radical (unpaired) electrons. The molecular weight excluding hydrogens is 194 g/mol. The van der Waals surface area contributed by atoms with E-state index in [-0.39, 0.29) is 6.79 Å². The highest BCUT2D eigenvalue weighted by molar-refractivity contribution is 6.33. The molecule has 0 saturated heterocycles. The van der Waals surface area contributed by atoms with Gasteiger partial charge in [-0.1, -0.05) is 16.8 Å². The Morgan fingerprint density at radius 1 is 1.38 bits per heavy atom. The van der Waals surface area contributed by atoms with E-state index >= 15 is 0 Å².